The molecule has 6 nitrogen and oxygen atoms in total. The Bertz CT molecular complexity index is 1520. The largest absolute Gasteiger partial charge is 0.469 e. The maximum Gasteiger partial charge on any atom is 0.307 e. The van der Waals surface area contributed by atoms with Gasteiger partial charge in [-0.05, 0) is 69.5 Å². The quantitative estimate of drug-likeness (QED) is 0.225. The normalized spacial score (nSPS) is 15.3. The van der Waals surface area contributed by atoms with E-state index in [4.69, 9.17) is 9.47 Å². The molecule has 5 rings (SSSR count). The van der Waals surface area contributed by atoms with Crippen LogP contribution in [0.15, 0.2) is 97.1 Å². The molecule has 6 heteroatoms. The maximum absolute atomic E-state index is 13.7. The Morgan fingerprint density at radius 1 is 0.881 bits per heavy atom. The number of hydrogen-bond acceptors (Lipinski definition) is 5. The van der Waals surface area contributed by atoms with Crippen LogP contribution in [0.5, 0.6) is 11.5 Å². The van der Waals surface area contributed by atoms with Gasteiger partial charge in [-0.2, -0.15) is 0 Å². The molecule has 1 heterocycles. The average molecular weight is 563 g/mol. The molecule has 0 aliphatic carbocycles. The number of carbonyl (C=O) groups excluding carboxylic acids is 2. The highest BCUT2D eigenvalue weighted by Gasteiger charge is 2.29. The van der Waals surface area contributed by atoms with Crippen LogP contribution < -0.4 is 15.4 Å². The van der Waals surface area contributed by atoms with Crippen molar-refractivity contribution < 1.29 is 19.1 Å². The molecule has 0 bridgehead atoms. The monoisotopic (exact) mass is 562 g/mol. The zero-order chi connectivity index (χ0) is 29.7. The topological polar surface area (TPSA) is 76.7 Å². The zero-order valence-corrected chi connectivity index (χ0v) is 24.6. The van der Waals surface area contributed by atoms with Crippen molar-refractivity contribution in [1.29, 1.82) is 0 Å². The van der Waals surface area contributed by atoms with Crippen molar-refractivity contribution in [2.45, 2.75) is 51.1 Å². The maximum atomic E-state index is 13.7. The summed E-state index contributed by atoms with van der Waals surface area (Å²) >= 11 is 0. The lowest BCUT2D eigenvalue weighted by atomic mass is 9.87. The zero-order valence-electron chi connectivity index (χ0n) is 24.6. The summed E-state index contributed by atoms with van der Waals surface area (Å²) in [7, 11) is 1.36. The summed E-state index contributed by atoms with van der Waals surface area (Å²) in [6.07, 6.45) is 0.840. The number of ether oxygens (including phenoxy) is 2. The van der Waals surface area contributed by atoms with Gasteiger partial charge in [-0.15, -0.1) is 0 Å². The van der Waals surface area contributed by atoms with Crippen molar-refractivity contribution in [1.82, 2.24) is 10.6 Å². The van der Waals surface area contributed by atoms with Crippen molar-refractivity contribution in [3.63, 3.8) is 0 Å². The standard InChI is InChI=1S/C36H38N2O4/c1-36(2,3)28-15-18-29(19-16-28)42-30-17-14-26-20-21-37-34(31(26)22-30)35(40)38-32(23-33(39)41-4)27-12-10-25(11-13-27)24-8-6-5-7-9-24/h5-19,22,32,34,37H,20-21,23H2,1-4H3,(H,38,40). The molecule has 2 unspecified atom stereocenters. The molecule has 4 aromatic rings. The minimum absolute atomic E-state index is 0.0280. The minimum Gasteiger partial charge on any atom is -0.469 e. The molecule has 0 fully saturated rings. The fraction of sp³-hybridized carbons (Fsp3) is 0.278. The van der Waals surface area contributed by atoms with E-state index in [1.54, 1.807) is 0 Å². The van der Waals surface area contributed by atoms with Crippen LogP contribution >= 0.6 is 0 Å². The van der Waals surface area contributed by atoms with Crippen molar-refractivity contribution in [2.24, 2.45) is 0 Å². The van der Waals surface area contributed by atoms with E-state index in [1.165, 1.54) is 12.7 Å². The van der Waals surface area contributed by atoms with Gasteiger partial charge in [0.15, 0.2) is 0 Å². The first-order chi connectivity index (χ1) is 20.2. The van der Waals surface area contributed by atoms with Crippen molar-refractivity contribution in [3.8, 4) is 22.6 Å². The van der Waals surface area contributed by atoms with E-state index in [9.17, 15) is 9.59 Å². The molecular weight excluding hydrogens is 524 g/mol. The van der Waals surface area contributed by atoms with E-state index in [2.05, 4.69) is 43.5 Å². The van der Waals surface area contributed by atoms with Gasteiger partial charge < -0.3 is 20.1 Å². The van der Waals surface area contributed by atoms with Crippen LogP contribution in [0.1, 0.15) is 61.5 Å². The Morgan fingerprint density at radius 3 is 2.21 bits per heavy atom. The number of esters is 1. The van der Waals surface area contributed by atoms with Crippen LogP contribution in [0.3, 0.4) is 0 Å². The van der Waals surface area contributed by atoms with E-state index in [0.29, 0.717) is 12.3 Å². The van der Waals surface area contributed by atoms with Crippen LogP contribution in [0, 0.1) is 0 Å². The molecule has 0 radical (unpaired) electrons. The van der Waals surface area contributed by atoms with Crippen LogP contribution in [0.4, 0.5) is 0 Å². The molecule has 0 aromatic heterocycles. The molecule has 0 saturated heterocycles. The van der Waals surface area contributed by atoms with E-state index >= 15 is 0 Å². The highest BCUT2D eigenvalue weighted by Crippen LogP contribution is 2.32. The number of amides is 1. The summed E-state index contributed by atoms with van der Waals surface area (Å²) in [4.78, 5) is 26.1. The van der Waals surface area contributed by atoms with Crippen LogP contribution in [0.2, 0.25) is 0 Å². The lowest BCUT2D eigenvalue weighted by Gasteiger charge is -2.29. The van der Waals surface area contributed by atoms with E-state index in [-0.39, 0.29) is 17.7 Å². The Morgan fingerprint density at radius 2 is 1.55 bits per heavy atom. The van der Waals surface area contributed by atoms with E-state index in [0.717, 1.165) is 40.0 Å². The van der Waals surface area contributed by atoms with Gasteiger partial charge in [0.1, 0.15) is 17.5 Å². The van der Waals surface area contributed by atoms with E-state index in [1.807, 2.05) is 84.9 Å². The second kappa shape index (κ2) is 12.6. The van der Waals surface area contributed by atoms with Gasteiger partial charge in [0, 0.05) is 6.54 Å². The van der Waals surface area contributed by atoms with Gasteiger partial charge in [0.2, 0.25) is 5.91 Å². The number of nitrogens with one attached hydrogen (secondary N) is 2. The fourth-order valence-corrected chi connectivity index (χ4v) is 5.28. The lowest BCUT2D eigenvalue weighted by Crippen LogP contribution is -2.43. The molecule has 4 aromatic carbocycles. The first-order valence-corrected chi connectivity index (χ1v) is 14.4. The van der Waals surface area contributed by atoms with Crippen LogP contribution in [-0.4, -0.2) is 25.5 Å². The molecule has 1 amide bonds. The van der Waals surface area contributed by atoms with Gasteiger partial charge >= 0.3 is 5.97 Å². The summed E-state index contributed by atoms with van der Waals surface area (Å²) in [5, 5.41) is 6.48. The number of fused-ring (bicyclic) bond motifs is 1. The number of benzene rings is 4. The van der Waals surface area contributed by atoms with Gasteiger partial charge in [0.25, 0.3) is 0 Å². The highest BCUT2D eigenvalue weighted by atomic mass is 16.5. The molecular formula is C36H38N2O4. The van der Waals surface area contributed by atoms with Crippen molar-refractivity contribution in [3.05, 3.63) is 119 Å². The molecule has 0 spiro atoms. The molecule has 1 aliphatic heterocycles. The third-order valence-electron chi connectivity index (χ3n) is 7.72. The molecule has 1 aliphatic rings. The summed E-state index contributed by atoms with van der Waals surface area (Å²) in [5.41, 5.74) is 6.26. The Balaban J connectivity index is 1.35. The molecule has 42 heavy (non-hydrogen) atoms. The third-order valence-corrected chi connectivity index (χ3v) is 7.72. The number of hydrogen-bond donors (Lipinski definition) is 2. The molecule has 0 saturated carbocycles. The predicted molar refractivity (Wildman–Crippen MR) is 166 cm³/mol. The highest BCUT2D eigenvalue weighted by molar-refractivity contribution is 5.85. The number of carbonyl (C=O) groups is 2. The predicted octanol–water partition coefficient (Wildman–Crippen LogP) is 7.05. The summed E-state index contributed by atoms with van der Waals surface area (Å²) < 4.78 is 11.1. The van der Waals surface area contributed by atoms with Crippen LogP contribution in [0.25, 0.3) is 11.1 Å². The van der Waals surface area contributed by atoms with E-state index < -0.39 is 18.1 Å². The number of methoxy groups -OCH3 is 1. The van der Waals surface area contributed by atoms with Gasteiger partial charge in [0.05, 0.1) is 19.6 Å². The van der Waals surface area contributed by atoms with Crippen LogP contribution in [-0.2, 0) is 26.2 Å². The Kier molecular flexibility index (Phi) is 8.74. The fourth-order valence-electron chi connectivity index (χ4n) is 5.28. The number of rotatable bonds is 8. The Labute approximate surface area is 248 Å². The summed E-state index contributed by atoms with van der Waals surface area (Å²) in [6.45, 7) is 7.22. The second-order valence-corrected chi connectivity index (χ2v) is 11.7. The lowest BCUT2D eigenvalue weighted by molar-refractivity contribution is -0.141. The SMILES string of the molecule is COC(=O)CC(NC(=O)C1NCCc2ccc(Oc3ccc(C(C)(C)C)cc3)cc21)c1ccc(-c2ccccc2)cc1. The smallest absolute Gasteiger partial charge is 0.307 e. The first-order valence-electron chi connectivity index (χ1n) is 14.4. The second-order valence-electron chi connectivity index (χ2n) is 11.7. The Hall–Kier alpha value is -4.42. The third kappa shape index (κ3) is 6.89. The van der Waals surface area contributed by atoms with Gasteiger partial charge in [-0.3, -0.25) is 9.59 Å². The van der Waals surface area contributed by atoms with Gasteiger partial charge in [-0.25, -0.2) is 0 Å². The molecule has 2 N–H and O–H groups in total. The average Bonchev–Trinajstić information content (AvgIpc) is 3.00. The first kappa shape index (κ1) is 29.1. The van der Waals surface area contributed by atoms with Crippen molar-refractivity contribution >= 4 is 11.9 Å². The summed E-state index contributed by atoms with van der Waals surface area (Å²) in [5.74, 6) is 0.812. The molecule has 216 valence electrons. The molecule has 2 atom stereocenters. The minimum atomic E-state index is -0.579. The van der Waals surface area contributed by atoms with Crippen molar-refractivity contribution in [2.75, 3.05) is 13.7 Å². The summed E-state index contributed by atoms with van der Waals surface area (Å²) in [6, 6.07) is 30.9. The van der Waals surface area contributed by atoms with Gasteiger partial charge in [-0.1, -0.05) is 93.6 Å².